The molecule has 0 radical (unpaired) electrons. The number of rotatable bonds is 5. The van der Waals surface area contributed by atoms with Crippen LogP contribution in [0.15, 0.2) is 12.1 Å². The molecule has 0 aliphatic rings. The molecule has 5 N–H and O–H groups in total. The number of nitrogens with two attached hydrogens (primary N) is 2. The number of hydrogen-bond donors (Lipinski definition) is 3. The molecule has 0 saturated carbocycles. The molecule has 1 aromatic carbocycles. The Kier molecular flexibility index (Phi) is 4.43. The summed E-state index contributed by atoms with van der Waals surface area (Å²) < 4.78 is 0. The minimum Gasteiger partial charge on any atom is -0.399 e. The van der Waals surface area contributed by atoms with Crippen molar-refractivity contribution in [1.82, 2.24) is 0 Å². The van der Waals surface area contributed by atoms with Crippen LogP contribution in [-0.4, -0.2) is 11.7 Å². The lowest BCUT2D eigenvalue weighted by Gasteiger charge is -2.09. The van der Waals surface area contributed by atoms with Crippen molar-refractivity contribution >= 4 is 11.4 Å². The standard InChI is InChI=1S/C12H20N2O/c1-9-10(5-3-2-4-6-15)7-11(13)8-12(9)14/h7-8,15H,2-6,13-14H2,1H3. The summed E-state index contributed by atoms with van der Waals surface area (Å²) >= 11 is 0. The van der Waals surface area contributed by atoms with Crippen LogP contribution in [0.25, 0.3) is 0 Å². The molecule has 0 atom stereocenters. The Morgan fingerprint density at radius 1 is 1.13 bits per heavy atom. The summed E-state index contributed by atoms with van der Waals surface area (Å²) in [7, 11) is 0. The van der Waals surface area contributed by atoms with E-state index in [1.807, 2.05) is 13.0 Å². The molecule has 3 heteroatoms. The first-order valence-electron chi connectivity index (χ1n) is 5.40. The Hall–Kier alpha value is -1.22. The molecule has 1 rings (SSSR count). The maximum absolute atomic E-state index is 8.67. The Morgan fingerprint density at radius 3 is 2.53 bits per heavy atom. The average molecular weight is 208 g/mol. The molecule has 15 heavy (non-hydrogen) atoms. The molecule has 0 saturated heterocycles. The van der Waals surface area contributed by atoms with Gasteiger partial charge in [-0.25, -0.2) is 0 Å². The lowest BCUT2D eigenvalue weighted by atomic mass is 10.00. The molecule has 0 heterocycles. The van der Waals surface area contributed by atoms with Crippen LogP contribution in [0, 0.1) is 6.92 Å². The number of anilines is 2. The van der Waals surface area contributed by atoms with Gasteiger partial charge in [0.05, 0.1) is 0 Å². The van der Waals surface area contributed by atoms with E-state index in [-0.39, 0.29) is 6.61 Å². The maximum atomic E-state index is 8.67. The number of aliphatic hydroxyl groups excluding tert-OH is 1. The molecular weight excluding hydrogens is 188 g/mol. The molecular formula is C12H20N2O. The highest BCUT2D eigenvalue weighted by Gasteiger charge is 2.03. The number of aliphatic hydroxyl groups is 1. The fraction of sp³-hybridized carbons (Fsp3) is 0.500. The van der Waals surface area contributed by atoms with Crippen LogP contribution >= 0.6 is 0 Å². The Labute approximate surface area is 91.1 Å². The fourth-order valence-electron chi connectivity index (χ4n) is 1.69. The molecule has 1 aromatic rings. The first-order chi connectivity index (χ1) is 7.15. The SMILES string of the molecule is Cc1c(N)cc(N)cc1CCCCCO. The molecule has 3 nitrogen and oxygen atoms in total. The van der Waals surface area contributed by atoms with E-state index in [1.165, 1.54) is 5.56 Å². The van der Waals surface area contributed by atoms with Gasteiger partial charge in [0.15, 0.2) is 0 Å². The summed E-state index contributed by atoms with van der Waals surface area (Å²) in [6, 6.07) is 3.79. The number of hydrogen-bond acceptors (Lipinski definition) is 3. The van der Waals surface area contributed by atoms with Crippen molar-refractivity contribution in [3.63, 3.8) is 0 Å². The third-order valence-electron chi connectivity index (χ3n) is 2.68. The van der Waals surface area contributed by atoms with Crippen LogP contribution in [0.5, 0.6) is 0 Å². The van der Waals surface area contributed by atoms with E-state index in [0.29, 0.717) is 0 Å². The van der Waals surface area contributed by atoms with Gasteiger partial charge in [-0.3, -0.25) is 0 Å². The molecule has 0 fully saturated rings. The van der Waals surface area contributed by atoms with Gasteiger partial charge in [-0.2, -0.15) is 0 Å². The Morgan fingerprint density at radius 2 is 1.87 bits per heavy atom. The minimum atomic E-state index is 0.276. The number of unbranched alkanes of at least 4 members (excludes halogenated alkanes) is 2. The molecule has 0 amide bonds. The second-order valence-corrected chi connectivity index (χ2v) is 3.93. The second kappa shape index (κ2) is 5.61. The monoisotopic (exact) mass is 208 g/mol. The van der Waals surface area contributed by atoms with Gasteiger partial charge < -0.3 is 16.6 Å². The summed E-state index contributed by atoms with van der Waals surface area (Å²) in [5.74, 6) is 0. The van der Waals surface area contributed by atoms with E-state index in [2.05, 4.69) is 0 Å². The molecule has 0 bridgehead atoms. The van der Waals surface area contributed by atoms with Crippen LogP contribution in [0.1, 0.15) is 30.4 Å². The highest BCUT2D eigenvalue weighted by atomic mass is 16.2. The van der Waals surface area contributed by atoms with Crippen LogP contribution in [0.2, 0.25) is 0 Å². The van der Waals surface area contributed by atoms with E-state index in [4.69, 9.17) is 16.6 Å². The first-order valence-corrected chi connectivity index (χ1v) is 5.40. The average Bonchev–Trinajstić information content (AvgIpc) is 2.19. The second-order valence-electron chi connectivity index (χ2n) is 3.93. The lowest BCUT2D eigenvalue weighted by molar-refractivity contribution is 0.283. The van der Waals surface area contributed by atoms with E-state index in [9.17, 15) is 0 Å². The molecule has 0 spiro atoms. The number of aryl methyl sites for hydroxylation is 1. The van der Waals surface area contributed by atoms with Gasteiger partial charge in [0.2, 0.25) is 0 Å². The smallest absolute Gasteiger partial charge is 0.0431 e. The van der Waals surface area contributed by atoms with Crippen molar-refractivity contribution < 1.29 is 5.11 Å². The lowest BCUT2D eigenvalue weighted by Crippen LogP contribution is -1.99. The third kappa shape index (κ3) is 3.44. The number of nitrogen functional groups attached to an aromatic ring is 2. The predicted molar refractivity (Wildman–Crippen MR) is 64.6 cm³/mol. The first kappa shape index (κ1) is 11.9. The van der Waals surface area contributed by atoms with Crippen molar-refractivity contribution in [3.8, 4) is 0 Å². The topological polar surface area (TPSA) is 72.3 Å². The molecule has 0 unspecified atom stereocenters. The quantitative estimate of drug-likeness (QED) is 0.511. The zero-order valence-electron chi connectivity index (χ0n) is 9.29. The molecule has 0 aliphatic carbocycles. The highest BCUT2D eigenvalue weighted by Crippen LogP contribution is 2.22. The van der Waals surface area contributed by atoms with Crippen molar-refractivity contribution in [2.24, 2.45) is 0 Å². The van der Waals surface area contributed by atoms with Crippen LogP contribution in [-0.2, 0) is 6.42 Å². The zero-order chi connectivity index (χ0) is 11.3. The summed E-state index contributed by atoms with van der Waals surface area (Å²) in [5.41, 5.74) is 15.4. The largest absolute Gasteiger partial charge is 0.399 e. The molecule has 0 aromatic heterocycles. The van der Waals surface area contributed by atoms with Gasteiger partial charge in [0.25, 0.3) is 0 Å². The van der Waals surface area contributed by atoms with Gasteiger partial charge in [-0.05, 0) is 49.4 Å². The van der Waals surface area contributed by atoms with Gasteiger partial charge in [-0.15, -0.1) is 0 Å². The van der Waals surface area contributed by atoms with Gasteiger partial charge >= 0.3 is 0 Å². The van der Waals surface area contributed by atoms with E-state index >= 15 is 0 Å². The Balaban J connectivity index is 2.60. The number of benzene rings is 1. The van der Waals surface area contributed by atoms with Crippen molar-refractivity contribution in [3.05, 3.63) is 23.3 Å². The third-order valence-corrected chi connectivity index (χ3v) is 2.68. The Bertz CT molecular complexity index is 324. The normalized spacial score (nSPS) is 10.5. The summed E-state index contributed by atoms with van der Waals surface area (Å²) in [4.78, 5) is 0. The van der Waals surface area contributed by atoms with E-state index < -0.39 is 0 Å². The van der Waals surface area contributed by atoms with Crippen LogP contribution < -0.4 is 11.5 Å². The fourth-order valence-corrected chi connectivity index (χ4v) is 1.69. The van der Waals surface area contributed by atoms with E-state index in [0.717, 1.165) is 42.6 Å². The predicted octanol–water partition coefficient (Wildman–Crippen LogP) is 1.86. The van der Waals surface area contributed by atoms with Gasteiger partial charge in [0, 0.05) is 18.0 Å². The maximum Gasteiger partial charge on any atom is 0.0431 e. The summed E-state index contributed by atoms with van der Waals surface area (Å²) in [6.45, 7) is 2.30. The summed E-state index contributed by atoms with van der Waals surface area (Å²) in [6.07, 6.45) is 3.98. The van der Waals surface area contributed by atoms with Crippen molar-refractivity contribution in [2.75, 3.05) is 18.1 Å². The zero-order valence-corrected chi connectivity index (χ0v) is 9.29. The molecule has 84 valence electrons. The van der Waals surface area contributed by atoms with Crippen LogP contribution in [0.4, 0.5) is 11.4 Å². The van der Waals surface area contributed by atoms with Gasteiger partial charge in [0.1, 0.15) is 0 Å². The van der Waals surface area contributed by atoms with Crippen LogP contribution in [0.3, 0.4) is 0 Å². The highest BCUT2D eigenvalue weighted by molar-refractivity contribution is 5.59. The molecule has 0 aliphatic heterocycles. The summed E-state index contributed by atoms with van der Waals surface area (Å²) in [5, 5.41) is 8.67. The van der Waals surface area contributed by atoms with Crippen molar-refractivity contribution in [1.29, 1.82) is 0 Å². The van der Waals surface area contributed by atoms with Crippen molar-refractivity contribution in [2.45, 2.75) is 32.6 Å². The van der Waals surface area contributed by atoms with E-state index in [1.54, 1.807) is 6.07 Å². The minimum absolute atomic E-state index is 0.276. The van der Waals surface area contributed by atoms with Gasteiger partial charge in [-0.1, -0.05) is 6.42 Å².